The lowest BCUT2D eigenvalue weighted by atomic mass is 10.2. The number of halogens is 1. The lowest BCUT2D eigenvalue weighted by Gasteiger charge is -2.12. The third-order valence-electron chi connectivity index (χ3n) is 4.09. The fourth-order valence-corrected chi connectivity index (χ4v) is 2.76. The largest absolute Gasteiger partial charge is 0.496 e. The van der Waals surface area contributed by atoms with Gasteiger partial charge in [0.1, 0.15) is 5.75 Å². The van der Waals surface area contributed by atoms with Gasteiger partial charge in [0.25, 0.3) is 0 Å². The van der Waals surface area contributed by atoms with Crippen LogP contribution in [0.3, 0.4) is 0 Å². The van der Waals surface area contributed by atoms with Crippen LogP contribution in [-0.2, 0) is 20.1 Å². The number of benzene rings is 1. The van der Waals surface area contributed by atoms with Gasteiger partial charge in [-0.1, -0.05) is 17.7 Å². The molecule has 2 N–H and O–H groups in total. The third-order valence-corrected chi connectivity index (χ3v) is 4.33. The van der Waals surface area contributed by atoms with Crippen LogP contribution in [0.1, 0.15) is 29.4 Å². The second kappa shape index (κ2) is 8.76. The molecule has 1 heterocycles. The van der Waals surface area contributed by atoms with Crippen LogP contribution in [-0.4, -0.2) is 29.4 Å². The highest BCUT2D eigenvalue weighted by Gasteiger charge is 2.10. The number of rotatable bonds is 6. The lowest BCUT2D eigenvalue weighted by molar-refractivity contribution is 0.410. The van der Waals surface area contributed by atoms with E-state index in [1.165, 1.54) is 5.56 Å². The summed E-state index contributed by atoms with van der Waals surface area (Å²) < 4.78 is 7.27. The van der Waals surface area contributed by atoms with Crippen molar-refractivity contribution in [1.29, 1.82) is 0 Å². The van der Waals surface area contributed by atoms with Gasteiger partial charge >= 0.3 is 0 Å². The van der Waals surface area contributed by atoms with Crippen molar-refractivity contribution in [1.82, 2.24) is 20.4 Å². The molecule has 0 fully saturated rings. The number of ether oxygens (including phenoxy) is 1. The standard InChI is InChI=1S/C18H26ClN5O/c1-6-20-18(22-11-16-12(2)23-24(4)13(16)3)21-10-14-7-8-15(19)9-17(14)25-5/h7-9H,6,10-11H2,1-5H3,(H2,20,21,22). The zero-order chi connectivity index (χ0) is 18.4. The number of nitrogens with one attached hydrogen (secondary N) is 2. The maximum atomic E-state index is 6.01. The Kier molecular flexibility index (Phi) is 6.70. The Labute approximate surface area is 154 Å². The predicted octanol–water partition coefficient (Wildman–Crippen LogP) is 2.95. The summed E-state index contributed by atoms with van der Waals surface area (Å²) in [5.74, 6) is 1.49. The zero-order valence-corrected chi connectivity index (χ0v) is 16.2. The summed E-state index contributed by atoms with van der Waals surface area (Å²) in [7, 11) is 3.59. The molecule has 2 rings (SSSR count). The fraction of sp³-hybridized carbons (Fsp3) is 0.444. The van der Waals surface area contributed by atoms with Crippen molar-refractivity contribution in [2.24, 2.45) is 12.0 Å². The van der Waals surface area contributed by atoms with Crippen LogP contribution >= 0.6 is 11.6 Å². The topological polar surface area (TPSA) is 63.5 Å². The van der Waals surface area contributed by atoms with Crippen molar-refractivity contribution in [3.63, 3.8) is 0 Å². The summed E-state index contributed by atoms with van der Waals surface area (Å²) in [5.41, 5.74) is 4.36. The van der Waals surface area contributed by atoms with E-state index in [1.54, 1.807) is 13.2 Å². The molecule has 0 saturated heterocycles. The maximum absolute atomic E-state index is 6.01. The Morgan fingerprint density at radius 2 is 2.08 bits per heavy atom. The van der Waals surface area contributed by atoms with Crippen LogP contribution < -0.4 is 15.4 Å². The zero-order valence-electron chi connectivity index (χ0n) is 15.5. The quantitative estimate of drug-likeness (QED) is 0.611. The van der Waals surface area contributed by atoms with Crippen LogP contribution in [0.4, 0.5) is 0 Å². The van der Waals surface area contributed by atoms with E-state index < -0.39 is 0 Å². The first kappa shape index (κ1) is 19.1. The van der Waals surface area contributed by atoms with Gasteiger partial charge in [-0.15, -0.1) is 0 Å². The van der Waals surface area contributed by atoms with Gasteiger partial charge in [0.2, 0.25) is 0 Å². The molecule has 2 aromatic rings. The molecule has 6 nitrogen and oxygen atoms in total. The first-order valence-corrected chi connectivity index (χ1v) is 8.67. The SMILES string of the molecule is CCNC(=NCc1ccc(Cl)cc1OC)NCc1c(C)nn(C)c1C. The van der Waals surface area contributed by atoms with E-state index in [4.69, 9.17) is 16.3 Å². The van der Waals surface area contributed by atoms with Crippen LogP contribution in [0.2, 0.25) is 5.02 Å². The molecule has 0 saturated carbocycles. The molecular weight excluding hydrogens is 338 g/mol. The molecule has 0 radical (unpaired) electrons. The summed E-state index contributed by atoms with van der Waals surface area (Å²) in [6.45, 7) is 8.09. The van der Waals surface area contributed by atoms with E-state index in [0.29, 0.717) is 18.1 Å². The minimum atomic E-state index is 0.501. The molecule has 0 bridgehead atoms. The predicted molar refractivity (Wildman–Crippen MR) is 102 cm³/mol. The molecule has 0 aliphatic carbocycles. The molecular formula is C18H26ClN5O. The molecule has 0 atom stereocenters. The Balaban J connectivity index is 2.10. The first-order valence-electron chi connectivity index (χ1n) is 8.29. The molecule has 1 aromatic heterocycles. The van der Waals surface area contributed by atoms with Crippen molar-refractivity contribution in [3.05, 3.63) is 45.7 Å². The van der Waals surface area contributed by atoms with E-state index in [9.17, 15) is 0 Å². The molecule has 0 amide bonds. The summed E-state index contributed by atoms with van der Waals surface area (Å²) in [5, 5.41) is 11.7. The molecule has 7 heteroatoms. The Hall–Kier alpha value is -2.21. The molecule has 136 valence electrons. The van der Waals surface area contributed by atoms with E-state index in [0.717, 1.165) is 35.2 Å². The average Bonchev–Trinajstić information content (AvgIpc) is 2.83. The molecule has 0 aliphatic heterocycles. The monoisotopic (exact) mass is 363 g/mol. The minimum Gasteiger partial charge on any atom is -0.496 e. The smallest absolute Gasteiger partial charge is 0.191 e. The van der Waals surface area contributed by atoms with E-state index in [-0.39, 0.29) is 0 Å². The highest BCUT2D eigenvalue weighted by atomic mass is 35.5. The fourth-order valence-electron chi connectivity index (χ4n) is 2.60. The first-order chi connectivity index (χ1) is 12.0. The van der Waals surface area contributed by atoms with Crippen LogP contribution in [0.15, 0.2) is 23.2 Å². The van der Waals surface area contributed by atoms with E-state index in [2.05, 4.69) is 27.6 Å². The Bertz CT molecular complexity index is 754. The molecule has 0 spiro atoms. The summed E-state index contributed by atoms with van der Waals surface area (Å²) in [4.78, 5) is 4.65. The summed E-state index contributed by atoms with van der Waals surface area (Å²) >= 11 is 6.01. The second-order valence-corrected chi connectivity index (χ2v) is 6.21. The summed E-state index contributed by atoms with van der Waals surface area (Å²) in [6.07, 6.45) is 0. The van der Waals surface area contributed by atoms with Crippen molar-refractivity contribution in [2.45, 2.75) is 33.9 Å². The van der Waals surface area contributed by atoms with Crippen LogP contribution in [0.25, 0.3) is 0 Å². The number of methoxy groups -OCH3 is 1. The van der Waals surface area contributed by atoms with Gasteiger partial charge in [0.05, 0.1) is 19.3 Å². The van der Waals surface area contributed by atoms with Gasteiger partial charge in [-0.2, -0.15) is 5.10 Å². The highest BCUT2D eigenvalue weighted by Crippen LogP contribution is 2.23. The number of aromatic nitrogens is 2. The maximum Gasteiger partial charge on any atom is 0.191 e. The molecule has 25 heavy (non-hydrogen) atoms. The van der Waals surface area contributed by atoms with Gasteiger partial charge in [0, 0.05) is 42.0 Å². The van der Waals surface area contributed by atoms with Gasteiger partial charge in [-0.05, 0) is 32.9 Å². The molecule has 1 aromatic carbocycles. The normalized spacial score (nSPS) is 11.5. The number of hydrogen-bond acceptors (Lipinski definition) is 3. The van der Waals surface area contributed by atoms with Gasteiger partial charge in [-0.3, -0.25) is 4.68 Å². The summed E-state index contributed by atoms with van der Waals surface area (Å²) in [6, 6.07) is 5.58. The molecule has 0 unspecified atom stereocenters. The van der Waals surface area contributed by atoms with E-state index in [1.807, 2.05) is 37.7 Å². The highest BCUT2D eigenvalue weighted by molar-refractivity contribution is 6.30. The van der Waals surface area contributed by atoms with Gasteiger partial charge in [0.15, 0.2) is 5.96 Å². The number of guanidine groups is 1. The van der Waals surface area contributed by atoms with Crippen molar-refractivity contribution in [2.75, 3.05) is 13.7 Å². The number of aryl methyl sites for hydroxylation is 2. The third kappa shape index (κ3) is 4.89. The number of aliphatic imine (C=N–C) groups is 1. The van der Waals surface area contributed by atoms with E-state index >= 15 is 0 Å². The van der Waals surface area contributed by atoms with Gasteiger partial charge < -0.3 is 15.4 Å². The minimum absolute atomic E-state index is 0.501. The van der Waals surface area contributed by atoms with Crippen molar-refractivity contribution in [3.8, 4) is 5.75 Å². The lowest BCUT2D eigenvalue weighted by Crippen LogP contribution is -2.37. The number of hydrogen-bond donors (Lipinski definition) is 2. The molecule has 0 aliphatic rings. The van der Waals surface area contributed by atoms with Crippen LogP contribution in [0.5, 0.6) is 5.75 Å². The van der Waals surface area contributed by atoms with Crippen molar-refractivity contribution < 1.29 is 4.74 Å². The Morgan fingerprint density at radius 1 is 1.32 bits per heavy atom. The van der Waals surface area contributed by atoms with Crippen LogP contribution in [0, 0.1) is 13.8 Å². The second-order valence-electron chi connectivity index (χ2n) is 5.78. The van der Waals surface area contributed by atoms with Crippen molar-refractivity contribution >= 4 is 17.6 Å². The Morgan fingerprint density at radius 3 is 2.68 bits per heavy atom. The number of nitrogens with zero attached hydrogens (tertiary/aromatic N) is 3. The van der Waals surface area contributed by atoms with Gasteiger partial charge in [-0.25, -0.2) is 4.99 Å². The average molecular weight is 364 g/mol.